The van der Waals surface area contributed by atoms with Crippen LogP contribution in [0.5, 0.6) is 23.0 Å². The van der Waals surface area contributed by atoms with Crippen LogP contribution in [0.2, 0.25) is 0 Å². The second kappa shape index (κ2) is 8.94. The van der Waals surface area contributed by atoms with E-state index in [0.717, 1.165) is 14.7 Å². The molecule has 142 valence electrons. The Bertz CT molecular complexity index is 869. The second-order valence-electron chi connectivity index (χ2n) is 5.62. The summed E-state index contributed by atoms with van der Waals surface area (Å²) in [5.74, 6) is 2.44. The van der Waals surface area contributed by atoms with Crippen LogP contribution in [-0.2, 0) is 11.2 Å². The van der Waals surface area contributed by atoms with Crippen molar-refractivity contribution in [2.24, 2.45) is 5.10 Å². The van der Waals surface area contributed by atoms with E-state index in [4.69, 9.17) is 18.9 Å². The Balaban J connectivity index is 1.62. The highest BCUT2D eigenvalue weighted by molar-refractivity contribution is 14.1. The summed E-state index contributed by atoms with van der Waals surface area (Å²) in [5.41, 5.74) is 4.15. The fraction of sp³-hybridized carbons (Fsp3) is 0.263. The van der Waals surface area contributed by atoms with Crippen LogP contribution in [-0.4, -0.2) is 32.6 Å². The summed E-state index contributed by atoms with van der Waals surface area (Å²) in [4.78, 5) is 12.1. The Hall–Kier alpha value is -2.49. The van der Waals surface area contributed by atoms with Crippen molar-refractivity contribution in [3.63, 3.8) is 0 Å². The number of halogens is 1. The lowest BCUT2D eigenvalue weighted by Gasteiger charge is -2.11. The SMILES string of the molecule is CCOc1cc(/C=N\NC(=O)Cc2ccc3c(c2)OCO3)cc(I)c1OC. The summed E-state index contributed by atoms with van der Waals surface area (Å²) in [5, 5.41) is 4.03. The topological polar surface area (TPSA) is 78.4 Å². The van der Waals surface area contributed by atoms with Gasteiger partial charge in [-0.3, -0.25) is 4.79 Å². The molecule has 0 aliphatic carbocycles. The smallest absolute Gasteiger partial charge is 0.244 e. The number of carbonyl (C=O) groups excluding carboxylic acids is 1. The van der Waals surface area contributed by atoms with Crippen molar-refractivity contribution in [2.45, 2.75) is 13.3 Å². The zero-order valence-corrected chi connectivity index (χ0v) is 17.1. The maximum absolute atomic E-state index is 12.1. The summed E-state index contributed by atoms with van der Waals surface area (Å²) in [6.45, 7) is 2.64. The highest BCUT2D eigenvalue weighted by Gasteiger charge is 2.14. The highest BCUT2D eigenvalue weighted by Crippen LogP contribution is 2.34. The van der Waals surface area contributed by atoms with Crippen LogP contribution >= 0.6 is 22.6 Å². The fourth-order valence-corrected chi connectivity index (χ4v) is 3.42. The second-order valence-corrected chi connectivity index (χ2v) is 6.79. The number of hydrazone groups is 1. The van der Waals surface area contributed by atoms with Crippen LogP contribution in [0.15, 0.2) is 35.4 Å². The van der Waals surface area contributed by atoms with Gasteiger partial charge in [-0.25, -0.2) is 5.43 Å². The zero-order chi connectivity index (χ0) is 19.2. The number of nitrogens with one attached hydrogen (secondary N) is 1. The molecule has 3 rings (SSSR count). The monoisotopic (exact) mass is 482 g/mol. The van der Waals surface area contributed by atoms with Gasteiger partial charge in [0.25, 0.3) is 0 Å². The van der Waals surface area contributed by atoms with Crippen molar-refractivity contribution < 1.29 is 23.7 Å². The molecular formula is C19H19IN2O5. The van der Waals surface area contributed by atoms with Crippen LogP contribution in [0.1, 0.15) is 18.1 Å². The normalized spacial score (nSPS) is 12.3. The summed E-state index contributed by atoms with van der Waals surface area (Å²) in [7, 11) is 1.60. The highest BCUT2D eigenvalue weighted by atomic mass is 127. The minimum Gasteiger partial charge on any atom is -0.492 e. The van der Waals surface area contributed by atoms with Gasteiger partial charge in [0.05, 0.1) is 29.9 Å². The van der Waals surface area contributed by atoms with Gasteiger partial charge in [-0.1, -0.05) is 6.07 Å². The van der Waals surface area contributed by atoms with Gasteiger partial charge in [-0.15, -0.1) is 0 Å². The van der Waals surface area contributed by atoms with Gasteiger partial charge >= 0.3 is 0 Å². The van der Waals surface area contributed by atoms with Crippen molar-refractivity contribution in [1.82, 2.24) is 5.43 Å². The van der Waals surface area contributed by atoms with Crippen LogP contribution in [0.4, 0.5) is 0 Å². The number of fused-ring (bicyclic) bond motifs is 1. The largest absolute Gasteiger partial charge is 0.492 e. The molecule has 0 radical (unpaired) electrons. The molecule has 0 fully saturated rings. The lowest BCUT2D eigenvalue weighted by molar-refractivity contribution is -0.120. The summed E-state index contributed by atoms with van der Waals surface area (Å²) >= 11 is 2.17. The molecule has 1 aliphatic heterocycles. The van der Waals surface area contributed by atoms with Gasteiger partial charge in [0.15, 0.2) is 23.0 Å². The molecule has 0 aromatic heterocycles. The molecule has 1 heterocycles. The molecule has 1 N–H and O–H groups in total. The van der Waals surface area contributed by atoms with Crippen LogP contribution in [0.3, 0.4) is 0 Å². The number of hydrogen-bond donors (Lipinski definition) is 1. The lowest BCUT2D eigenvalue weighted by Crippen LogP contribution is -2.19. The van der Waals surface area contributed by atoms with Gasteiger partial charge in [0.1, 0.15) is 0 Å². The number of rotatable bonds is 7. The van der Waals surface area contributed by atoms with Crippen LogP contribution < -0.4 is 24.4 Å². The molecule has 1 aliphatic rings. The number of ether oxygens (including phenoxy) is 4. The van der Waals surface area contributed by atoms with Crippen molar-refractivity contribution in [1.29, 1.82) is 0 Å². The maximum Gasteiger partial charge on any atom is 0.244 e. The van der Waals surface area contributed by atoms with Gasteiger partial charge in [-0.2, -0.15) is 5.10 Å². The Morgan fingerprint density at radius 1 is 1.30 bits per heavy atom. The molecule has 0 atom stereocenters. The first-order valence-electron chi connectivity index (χ1n) is 8.31. The van der Waals surface area contributed by atoms with E-state index >= 15 is 0 Å². The zero-order valence-electron chi connectivity index (χ0n) is 15.0. The molecule has 0 saturated heterocycles. The molecule has 8 heteroatoms. The molecule has 2 aromatic carbocycles. The van der Waals surface area contributed by atoms with E-state index in [1.165, 1.54) is 0 Å². The number of hydrogen-bond acceptors (Lipinski definition) is 6. The van der Waals surface area contributed by atoms with E-state index < -0.39 is 0 Å². The quantitative estimate of drug-likeness (QED) is 0.373. The minimum atomic E-state index is -0.224. The average molecular weight is 482 g/mol. The molecule has 0 spiro atoms. The van der Waals surface area contributed by atoms with Crippen molar-refractivity contribution >= 4 is 34.7 Å². The van der Waals surface area contributed by atoms with E-state index in [9.17, 15) is 4.79 Å². The Morgan fingerprint density at radius 3 is 2.89 bits per heavy atom. The predicted octanol–water partition coefficient (Wildman–Crippen LogP) is 3.12. The number of carbonyl (C=O) groups is 1. The minimum absolute atomic E-state index is 0.193. The third-order valence-electron chi connectivity index (χ3n) is 3.74. The van der Waals surface area contributed by atoms with E-state index in [0.29, 0.717) is 29.6 Å². The van der Waals surface area contributed by atoms with E-state index in [-0.39, 0.29) is 19.1 Å². The maximum atomic E-state index is 12.1. The fourth-order valence-electron chi connectivity index (χ4n) is 2.58. The molecule has 0 bridgehead atoms. The first-order valence-corrected chi connectivity index (χ1v) is 9.39. The Labute approximate surface area is 170 Å². The van der Waals surface area contributed by atoms with Crippen LogP contribution in [0, 0.1) is 3.57 Å². The molecule has 27 heavy (non-hydrogen) atoms. The Kier molecular flexibility index (Phi) is 6.38. The van der Waals surface area contributed by atoms with Gasteiger partial charge in [-0.05, 0) is 64.9 Å². The van der Waals surface area contributed by atoms with Gasteiger partial charge in [0.2, 0.25) is 12.7 Å². The molecule has 7 nitrogen and oxygen atoms in total. The van der Waals surface area contributed by atoms with Crippen molar-refractivity contribution in [2.75, 3.05) is 20.5 Å². The average Bonchev–Trinajstić information content (AvgIpc) is 3.09. The van der Waals surface area contributed by atoms with E-state index in [1.54, 1.807) is 25.5 Å². The summed E-state index contributed by atoms with van der Waals surface area (Å²) in [6, 6.07) is 9.14. The van der Waals surface area contributed by atoms with Crippen molar-refractivity contribution in [3.05, 3.63) is 45.0 Å². The third-order valence-corrected chi connectivity index (χ3v) is 4.54. The Morgan fingerprint density at radius 2 is 2.11 bits per heavy atom. The van der Waals surface area contributed by atoms with Crippen molar-refractivity contribution in [3.8, 4) is 23.0 Å². The summed E-state index contributed by atoms with van der Waals surface area (Å²) in [6.07, 6.45) is 1.76. The van der Waals surface area contributed by atoms with Gasteiger partial charge in [0, 0.05) is 0 Å². The molecular weight excluding hydrogens is 463 g/mol. The van der Waals surface area contributed by atoms with Crippen LogP contribution in [0.25, 0.3) is 0 Å². The van der Waals surface area contributed by atoms with E-state index in [2.05, 4.69) is 33.1 Å². The number of nitrogens with zero attached hydrogens (tertiary/aromatic N) is 1. The first-order chi connectivity index (χ1) is 13.1. The molecule has 0 unspecified atom stereocenters. The summed E-state index contributed by atoms with van der Waals surface area (Å²) < 4.78 is 22.4. The number of benzene rings is 2. The molecule has 0 saturated carbocycles. The number of methoxy groups -OCH3 is 1. The number of amides is 1. The van der Waals surface area contributed by atoms with E-state index in [1.807, 2.05) is 25.1 Å². The predicted molar refractivity (Wildman–Crippen MR) is 109 cm³/mol. The molecule has 2 aromatic rings. The lowest BCUT2D eigenvalue weighted by atomic mass is 10.1. The third kappa shape index (κ3) is 4.82. The molecule has 1 amide bonds. The van der Waals surface area contributed by atoms with Gasteiger partial charge < -0.3 is 18.9 Å². The standard InChI is InChI=1S/C19H19IN2O5/c1-3-25-17-8-13(6-14(20)19(17)24-2)10-21-22-18(23)9-12-4-5-15-16(7-12)27-11-26-15/h4-8,10H,3,9,11H2,1-2H3,(H,22,23)/b21-10-. The first kappa shape index (κ1) is 19.3.